The Kier molecular flexibility index (Phi) is 11.6. The van der Waals surface area contributed by atoms with Crippen molar-refractivity contribution < 1.29 is 51.0 Å². The van der Waals surface area contributed by atoms with Crippen LogP contribution in [0.3, 0.4) is 0 Å². The molecular weight excluding hydrogens is 561 g/mol. The molecule has 0 fully saturated rings. The first kappa shape index (κ1) is 31.5. The Bertz CT molecular complexity index is 1190. The number of pyridine rings is 1. The van der Waals surface area contributed by atoms with Gasteiger partial charge in [-0.2, -0.15) is 26.3 Å². The average Bonchev–Trinajstić information content (AvgIpc) is 3.22. The summed E-state index contributed by atoms with van der Waals surface area (Å²) in [4.78, 5) is 30.4. The van der Waals surface area contributed by atoms with Crippen LogP contribution < -0.4 is 5.73 Å². The molecule has 1 aromatic carbocycles. The summed E-state index contributed by atoms with van der Waals surface area (Å²) in [5, 5.41) is 20.4. The Morgan fingerprint density at radius 1 is 1.00 bits per heavy atom. The third-order valence-electron chi connectivity index (χ3n) is 3.72. The summed E-state index contributed by atoms with van der Waals surface area (Å²) in [5.41, 5.74) is 8.56. The maximum absolute atomic E-state index is 10.6. The Hall–Kier alpha value is -3.56. The summed E-state index contributed by atoms with van der Waals surface area (Å²) in [6.45, 7) is 0.710. The molecule has 0 bridgehead atoms. The maximum Gasteiger partial charge on any atom is 0.490 e. The fourth-order valence-electron chi connectivity index (χ4n) is 2.16. The molecule has 0 radical (unpaired) electrons. The average molecular weight is 577 g/mol. The Morgan fingerprint density at radius 3 is 2.03 bits per heavy atom. The summed E-state index contributed by atoms with van der Waals surface area (Å²) in [6.07, 6.45) is -6.67. The molecule has 3 aromatic rings. The summed E-state index contributed by atoms with van der Waals surface area (Å²) in [7, 11) is 0. The minimum Gasteiger partial charge on any atom is -0.475 e. The number of nitrogens with zero attached hydrogens (tertiary/aromatic N) is 2. The molecule has 9 nitrogen and oxygen atoms in total. The van der Waals surface area contributed by atoms with Crippen LogP contribution >= 0.6 is 23.2 Å². The van der Waals surface area contributed by atoms with Crippen LogP contribution in [0, 0.1) is 0 Å². The predicted octanol–water partition coefficient (Wildman–Crippen LogP) is 4.86. The molecule has 0 aliphatic heterocycles. The molecule has 5 N–H and O–H groups in total. The Morgan fingerprint density at radius 2 is 1.57 bits per heavy atom. The van der Waals surface area contributed by atoms with Crippen molar-refractivity contribution in [2.45, 2.75) is 12.4 Å². The molecule has 202 valence electrons. The smallest absolute Gasteiger partial charge is 0.475 e. The maximum atomic E-state index is 10.6. The zero-order chi connectivity index (χ0) is 28.4. The van der Waals surface area contributed by atoms with Crippen LogP contribution in [0.4, 0.5) is 26.3 Å². The van der Waals surface area contributed by atoms with Crippen LogP contribution in [0.1, 0.15) is 11.3 Å². The zero-order valence-corrected chi connectivity index (χ0v) is 19.6. The number of aromatic amines is 1. The van der Waals surface area contributed by atoms with Gasteiger partial charge >= 0.3 is 24.3 Å². The summed E-state index contributed by atoms with van der Waals surface area (Å²) < 4.78 is 63.5. The fraction of sp³-hybridized carbons (Fsp3) is 0.200. The molecule has 0 aliphatic rings. The SMILES string of the molecule is NCCON=C(c1ccc(Cl)c(Cl)c1)c1cc2ccncc2[nH]1.O=C(O)C(F)(F)F.O=C(O)C(F)(F)F. The van der Waals surface area contributed by atoms with E-state index in [1.807, 2.05) is 18.2 Å². The second kappa shape index (κ2) is 13.7. The lowest BCUT2D eigenvalue weighted by molar-refractivity contribution is -0.193. The van der Waals surface area contributed by atoms with E-state index in [4.69, 9.17) is 53.6 Å². The molecule has 0 saturated heterocycles. The number of halogens is 8. The molecule has 0 atom stereocenters. The van der Waals surface area contributed by atoms with Gasteiger partial charge in [-0.15, -0.1) is 0 Å². The molecule has 2 aromatic heterocycles. The molecule has 17 heteroatoms. The van der Waals surface area contributed by atoms with Gasteiger partial charge in [-0.3, -0.25) is 4.98 Å². The van der Waals surface area contributed by atoms with Gasteiger partial charge < -0.3 is 25.8 Å². The van der Waals surface area contributed by atoms with E-state index in [-0.39, 0.29) is 0 Å². The lowest BCUT2D eigenvalue weighted by atomic mass is 10.1. The van der Waals surface area contributed by atoms with Gasteiger partial charge in [-0.05, 0) is 24.3 Å². The number of alkyl halides is 6. The third kappa shape index (κ3) is 10.5. The van der Waals surface area contributed by atoms with Gasteiger partial charge in [0.25, 0.3) is 0 Å². The third-order valence-corrected chi connectivity index (χ3v) is 4.46. The number of carbonyl (C=O) groups is 2. The molecular formula is C20H16Cl2F6N4O5. The second-order valence-electron chi connectivity index (χ2n) is 6.44. The number of benzene rings is 1. The Balaban J connectivity index is 0.000000404. The highest BCUT2D eigenvalue weighted by Crippen LogP contribution is 2.25. The number of nitrogens with two attached hydrogens (primary N) is 1. The highest BCUT2D eigenvalue weighted by Gasteiger charge is 2.38. The van der Waals surface area contributed by atoms with Crippen molar-refractivity contribution in [1.29, 1.82) is 0 Å². The lowest BCUT2D eigenvalue weighted by Gasteiger charge is -2.06. The van der Waals surface area contributed by atoms with Crippen molar-refractivity contribution in [2.24, 2.45) is 10.9 Å². The zero-order valence-electron chi connectivity index (χ0n) is 18.1. The number of nitrogens with one attached hydrogen (secondary N) is 1. The topological polar surface area (TPSA) is 151 Å². The first-order chi connectivity index (χ1) is 17.1. The van der Waals surface area contributed by atoms with Crippen LogP contribution in [-0.2, 0) is 14.4 Å². The number of carboxylic acids is 2. The molecule has 0 saturated carbocycles. The molecule has 37 heavy (non-hydrogen) atoms. The number of carboxylic acid groups (broad SMARTS) is 2. The van der Waals surface area contributed by atoms with Crippen molar-refractivity contribution in [3.05, 3.63) is 64.0 Å². The number of aliphatic carboxylic acids is 2. The number of fused-ring (bicyclic) bond motifs is 1. The minimum atomic E-state index is -5.08. The molecule has 3 rings (SSSR count). The molecule has 2 heterocycles. The van der Waals surface area contributed by atoms with Crippen molar-refractivity contribution in [1.82, 2.24) is 9.97 Å². The lowest BCUT2D eigenvalue weighted by Crippen LogP contribution is -2.21. The van der Waals surface area contributed by atoms with E-state index in [2.05, 4.69) is 15.1 Å². The van der Waals surface area contributed by atoms with Gasteiger partial charge in [-0.1, -0.05) is 34.4 Å². The molecule has 0 unspecified atom stereocenters. The van der Waals surface area contributed by atoms with Gasteiger partial charge in [0, 0.05) is 23.7 Å². The van der Waals surface area contributed by atoms with E-state index >= 15 is 0 Å². The summed E-state index contributed by atoms with van der Waals surface area (Å²) in [5.74, 6) is -5.51. The van der Waals surface area contributed by atoms with Crippen LogP contribution in [0.2, 0.25) is 10.0 Å². The molecule has 0 spiro atoms. The highest BCUT2D eigenvalue weighted by atomic mass is 35.5. The fourth-order valence-corrected chi connectivity index (χ4v) is 2.46. The molecule has 0 amide bonds. The van der Waals surface area contributed by atoms with Crippen LogP contribution in [0.5, 0.6) is 0 Å². The first-order valence-electron chi connectivity index (χ1n) is 9.46. The van der Waals surface area contributed by atoms with E-state index < -0.39 is 24.3 Å². The van der Waals surface area contributed by atoms with Crippen molar-refractivity contribution in [2.75, 3.05) is 13.2 Å². The van der Waals surface area contributed by atoms with Crippen LogP contribution in [0.15, 0.2) is 47.9 Å². The van der Waals surface area contributed by atoms with Gasteiger partial charge in [0.05, 0.1) is 27.5 Å². The van der Waals surface area contributed by atoms with E-state index in [1.54, 1.807) is 24.5 Å². The van der Waals surface area contributed by atoms with E-state index in [0.29, 0.717) is 28.9 Å². The number of oxime groups is 1. The predicted molar refractivity (Wildman–Crippen MR) is 121 cm³/mol. The monoisotopic (exact) mass is 576 g/mol. The normalized spacial score (nSPS) is 11.6. The van der Waals surface area contributed by atoms with Crippen molar-refractivity contribution in [3.8, 4) is 0 Å². The first-order valence-corrected chi connectivity index (χ1v) is 10.2. The van der Waals surface area contributed by atoms with E-state index in [0.717, 1.165) is 22.2 Å². The van der Waals surface area contributed by atoms with E-state index in [1.165, 1.54) is 0 Å². The summed E-state index contributed by atoms with van der Waals surface area (Å²) in [6, 6.07) is 9.20. The van der Waals surface area contributed by atoms with Crippen LogP contribution in [0.25, 0.3) is 10.9 Å². The molecule has 0 aliphatic carbocycles. The van der Waals surface area contributed by atoms with Gasteiger partial charge in [0.15, 0.2) is 0 Å². The minimum absolute atomic E-state index is 0.326. The van der Waals surface area contributed by atoms with Crippen LogP contribution in [-0.4, -0.2) is 63.3 Å². The Labute approximate surface area is 213 Å². The second-order valence-corrected chi connectivity index (χ2v) is 7.26. The largest absolute Gasteiger partial charge is 0.490 e. The van der Waals surface area contributed by atoms with Gasteiger partial charge in [0.2, 0.25) is 0 Å². The van der Waals surface area contributed by atoms with Crippen molar-refractivity contribution in [3.63, 3.8) is 0 Å². The number of H-pyrrole nitrogens is 1. The highest BCUT2D eigenvalue weighted by molar-refractivity contribution is 6.42. The number of hydrogen-bond acceptors (Lipinski definition) is 6. The standard InChI is InChI=1S/C16H14Cl2N4O.2C2HF3O2/c17-12-2-1-11(7-13(12)18)16(22-23-6-4-19)14-8-10-3-5-20-9-15(10)21-14;2*3-2(4,5)1(6)7/h1-3,5,7-9,21H,4,6,19H2;2*(H,6,7). The number of rotatable bonds is 5. The van der Waals surface area contributed by atoms with E-state index in [9.17, 15) is 26.3 Å². The van der Waals surface area contributed by atoms with Gasteiger partial charge in [-0.25, -0.2) is 9.59 Å². The quantitative estimate of drug-likeness (QED) is 0.146. The van der Waals surface area contributed by atoms with Crippen molar-refractivity contribution >= 4 is 51.8 Å². The van der Waals surface area contributed by atoms with Gasteiger partial charge in [0.1, 0.15) is 12.3 Å². The number of hydrogen-bond donors (Lipinski definition) is 4. The number of aromatic nitrogens is 2. The summed E-state index contributed by atoms with van der Waals surface area (Å²) >= 11 is 12.1.